The Hall–Kier alpha value is -4.79. The Kier molecular flexibility index (Phi) is 6.87. The summed E-state index contributed by atoms with van der Waals surface area (Å²) in [5.74, 6) is -2.68. The fourth-order valence-corrected chi connectivity index (χ4v) is 4.01. The summed E-state index contributed by atoms with van der Waals surface area (Å²) in [5.41, 5.74) is 3.48. The van der Waals surface area contributed by atoms with Gasteiger partial charge >= 0.3 is 6.18 Å². The smallest absolute Gasteiger partial charge is 0.366 e. The number of nitrogens with one attached hydrogen (secondary N) is 1. The van der Waals surface area contributed by atoms with Gasteiger partial charge in [-0.15, -0.1) is 0 Å². The summed E-state index contributed by atoms with van der Waals surface area (Å²) in [4.78, 5) is 29.0. The topological polar surface area (TPSA) is 127 Å². The molecule has 3 N–H and O–H groups in total. The van der Waals surface area contributed by atoms with Crippen molar-refractivity contribution in [3.8, 4) is 6.07 Å². The first-order valence-corrected chi connectivity index (χ1v) is 11.6. The molecular formula is C27H22F4N6O2. The molecule has 4 rings (SSSR count). The molecule has 0 bridgehead atoms. The van der Waals surface area contributed by atoms with Crippen LogP contribution in [0.5, 0.6) is 0 Å². The number of amides is 2. The van der Waals surface area contributed by atoms with E-state index in [2.05, 4.69) is 21.5 Å². The van der Waals surface area contributed by atoms with Gasteiger partial charge in [0.15, 0.2) is 5.69 Å². The molecule has 0 unspecified atom stereocenters. The van der Waals surface area contributed by atoms with Crippen LogP contribution in [0.1, 0.15) is 57.2 Å². The Morgan fingerprint density at radius 3 is 2.36 bits per heavy atom. The molecule has 0 fully saturated rings. The van der Waals surface area contributed by atoms with Crippen molar-refractivity contribution >= 4 is 28.4 Å². The van der Waals surface area contributed by atoms with Crippen LogP contribution < -0.4 is 11.1 Å². The van der Waals surface area contributed by atoms with Crippen LogP contribution in [0.15, 0.2) is 48.5 Å². The second kappa shape index (κ2) is 9.83. The van der Waals surface area contributed by atoms with E-state index in [1.165, 1.54) is 13.0 Å². The average molecular weight is 539 g/mol. The van der Waals surface area contributed by atoms with Crippen molar-refractivity contribution in [1.29, 1.82) is 5.26 Å². The second-order valence-electron chi connectivity index (χ2n) is 9.43. The standard InChI is InChI=1S/C27H22F4N6O2/c1-14-22(35-25(39)21-11-19(24(33)38)18-9-8-17(28)10-20(18)34-21)23(27(29,30)31)36-37(14)12-15-4-6-16(7-5-15)26(2,3)13-32/h4-11H,12H2,1-3H3,(H2,33,38)(H,35,39). The maximum atomic E-state index is 13.9. The zero-order valence-corrected chi connectivity index (χ0v) is 21.0. The zero-order valence-electron chi connectivity index (χ0n) is 21.0. The summed E-state index contributed by atoms with van der Waals surface area (Å²) in [6, 6.07) is 13.4. The van der Waals surface area contributed by atoms with Gasteiger partial charge < -0.3 is 11.1 Å². The first kappa shape index (κ1) is 27.3. The van der Waals surface area contributed by atoms with Crippen LogP contribution in [0.2, 0.25) is 0 Å². The van der Waals surface area contributed by atoms with E-state index in [-0.39, 0.29) is 28.7 Å². The Bertz CT molecular complexity index is 1650. The Morgan fingerprint density at radius 2 is 1.77 bits per heavy atom. The van der Waals surface area contributed by atoms with Crippen molar-refractivity contribution in [2.24, 2.45) is 5.73 Å². The number of primary amides is 1. The van der Waals surface area contributed by atoms with Crippen LogP contribution >= 0.6 is 0 Å². The van der Waals surface area contributed by atoms with Gasteiger partial charge in [-0.2, -0.15) is 23.5 Å². The van der Waals surface area contributed by atoms with Gasteiger partial charge in [0.05, 0.1) is 40.5 Å². The maximum absolute atomic E-state index is 13.9. The lowest BCUT2D eigenvalue weighted by Crippen LogP contribution is -2.19. The first-order valence-electron chi connectivity index (χ1n) is 11.6. The number of fused-ring (bicyclic) bond motifs is 1. The van der Waals surface area contributed by atoms with Crippen molar-refractivity contribution in [3.63, 3.8) is 0 Å². The molecule has 0 aliphatic carbocycles. The predicted octanol–water partition coefficient (Wildman–Crippen LogP) is 5.10. The van der Waals surface area contributed by atoms with Gasteiger partial charge in [-0.3, -0.25) is 14.3 Å². The van der Waals surface area contributed by atoms with Crippen LogP contribution in [-0.4, -0.2) is 26.6 Å². The lowest BCUT2D eigenvalue weighted by atomic mass is 9.86. The minimum Gasteiger partial charge on any atom is -0.366 e. The van der Waals surface area contributed by atoms with Gasteiger partial charge in [0.1, 0.15) is 11.5 Å². The van der Waals surface area contributed by atoms with Gasteiger partial charge in [-0.25, -0.2) is 9.37 Å². The van der Waals surface area contributed by atoms with Crippen LogP contribution in [0.3, 0.4) is 0 Å². The highest BCUT2D eigenvalue weighted by Crippen LogP contribution is 2.36. The molecular weight excluding hydrogens is 516 g/mol. The van der Waals surface area contributed by atoms with Crippen LogP contribution in [-0.2, 0) is 18.1 Å². The number of rotatable bonds is 6. The van der Waals surface area contributed by atoms with Crippen LogP contribution in [0, 0.1) is 24.1 Å². The number of pyridine rings is 1. The summed E-state index contributed by atoms with van der Waals surface area (Å²) in [7, 11) is 0. The number of nitrogens with zero attached hydrogens (tertiary/aromatic N) is 4. The van der Waals surface area contributed by atoms with Crippen molar-refractivity contribution in [2.45, 2.75) is 38.9 Å². The number of carbonyl (C=O) groups excluding carboxylic acids is 2. The molecule has 2 amide bonds. The first-order chi connectivity index (χ1) is 18.2. The van der Waals surface area contributed by atoms with Crippen molar-refractivity contribution in [1.82, 2.24) is 14.8 Å². The van der Waals surface area contributed by atoms with Crippen molar-refractivity contribution in [3.05, 3.63) is 88.1 Å². The second-order valence-corrected chi connectivity index (χ2v) is 9.43. The number of benzene rings is 2. The largest absolute Gasteiger partial charge is 0.437 e. The summed E-state index contributed by atoms with van der Waals surface area (Å²) in [6.45, 7) is 4.81. The minimum atomic E-state index is -4.91. The fourth-order valence-electron chi connectivity index (χ4n) is 4.01. The van der Waals surface area contributed by atoms with Crippen LogP contribution in [0.4, 0.5) is 23.2 Å². The van der Waals surface area contributed by atoms with Gasteiger partial charge in [-0.05, 0) is 50.1 Å². The molecule has 12 heteroatoms. The number of hydrogen-bond donors (Lipinski definition) is 2. The van der Waals surface area contributed by atoms with E-state index in [0.717, 1.165) is 28.4 Å². The normalized spacial score (nSPS) is 11.8. The quantitative estimate of drug-likeness (QED) is 0.331. The number of alkyl halides is 3. The Morgan fingerprint density at radius 1 is 1.10 bits per heavy atom. The Balaban J connectivity index is 1.70. The molecule has 2 aromatic heterocycles. The molecule has 2 heterocycles. The molecule has 0 aliphatic rings. The van der Waals surface area contributed by atoms with E-state index in [4.69, 9.17) is 5.73 Å². The lowest BCUT2D eigenvalue weighted by Gasteiger charge is -2.16. The molecule has 39 heavy (non-hydrogen) atoms. The van der Waals surface area contributed by atoms with E-state index < -0.39 is 46.3 Å². The summed E-state index contributed by atoms with van der Waals surface area (Å²) >= 11 is 0. The van der Waals surface area contributed by atoms with Gasteiger partial charge in [0.25, 0.3) is 5.91 Å². The number of carbonyl (C=O) groups is 2. The third kappa shape index (κ3) is 5.43. The fraction of sp³-hybridized carbons (Fsp3) is 0.222. The molecule has 8 nitrogen and oxygen atoms in total. The van der Waals surface area contributed by atoms with Crippen molar-refractivity contribution < 1.29 is 27.2 Å². The van der Waals surface area contributed by atoms with E-state index in [1.54, 1.807) is 38.1 Å². The van der Waals surface area contributed by atoms with Crippen LogP contribution in [0.25, 0.3) is 10.9 Å². The number of hydrogen-bond acceptors (Lipinski definition) is 5. The molecule has 2 aromatic carbocycles. The number of nitriles is 1. The molecule has 0 atom stereocenters. The highest BCUT2D eigenvalue weighted by Gasteiger charge is 2.39. The lowest BCUT2D eigenvalue weighted by molar-refractivity contribution is -0.140. The molecule has 0 saturated carbocycles. The van der Waals surface area contributed by atoms with E-state index in [1.807, 2.05) is 0 Å². The van der Waals surface area contributed by atoms with E-state index in [0.29, 0.717) is 5.56 Å². The third-order valence-electron chi connectivity index (χ3n) is 6.27. The average Bonchev–Trinajstić information content (AvgIpc) is 3.18. The minimum absolute atomic E-state index is 0.0130. The molecule has 0 spiro atoms. The van der Waals surface area contributed by atoms with E-state index >= 15 is 0 Å². The molecule has 200 valence electrons. The zero-order chi connectivity index (χ0) is 28.7. The summed E-state index contributed by atoms with van der Waals surface area (Å²) in [5, 5.41) is 15.4. The highest BCUT2D eigenvalue weighted by molar-refractivity contribution is 6.10. The number of anilines is 1. The molecule has 0 aliphatic heterocycles. The SMILES string of the molecule is Cc1c(NC(=O)c2cc(C(N)=O)c3ccc(F)cc3n2)c(C(F)(F)F)nn1Cc1ccc(C(C)(C)C#N)cc1. The maximum Gasteiger partial charge on any atom is 0.437 e. The third-order valence-corrected chi connectivity index (χ3v) is 6.27. The van der Waals surface area contributed by atoms with Gasteiger partial charge in [-0.1, -0.05) is 24.3 Å². The molecule has 0 saturated heterocycles. The summed E-state index contributed by atoms with van der Waals surface area (Å²) < 4.78 is 56.6. The highest BCUT2D eigenvalue weighted by atomic mass is 19.4. The van der Waals surface area contributed by atoms with Gasteiger partial charge in [0, 0.05) is 11.5 Å². The number of aromatic nitrogens is 3. The Labute approximate surface area is 220 Å². The van der Waals surface area contributed by atoms with Gasteiger partial charge in [0.2, 0.25) is 5.91 Å². The monoisotopic (exact) mass is 538 g/mol. The molecule has 4 aromatic rings. The molecule has 0 radical (unpaired) electrons. The predicted molar refractivity (Wildman–Crippen MR) is 134 cm³/mol. The number of nitrogens with two attached hydrogens (primary N) is 1. The summed E-state index contributed by atoms with van der Waals surface area (Å²) in [6.07, 6.45) is -4.91. The van der Waals surface area contributed by atoms with Crippen molar-refractivity contribution in [2.75, 3.05) is 5.32 Å². The number of halogens is 4. The van der Waals surface area contributed by atoms with E-state index in [9.17, 15) is 32.4 Å².